The zero-order valence-corrected chi connectivity index (χ0v) is 8.57. The standard InChI is InChI=1S/C11H15NS/c1-3-10(9-12-7-1)5-6-11-4-2-8-13-11/h2,4-5,8,12H,1,3,6-7,9H2. The first-order valence-electron chi connectivity index (χ1n) is 4.86. The van der Waals surface area contributed by atoms with E-state index in [-0.39, 0.29) is 0 Å². The Bertz CT molecular complexity index is 266. The Morgan fingerprint density at radius 2 is 2.54 bits per heavy atom. The van der Waals surface area contributed by atoms with Crippen molar-refractivity contribution in [3.05, 3.63) is 34.0 Å². The summed E-state index contributed by atoms with van der Waals surface area (Å²) >= 11 is 1.85. The van der Waals surface area contributed by atoms with Crippen molar-refractivity contribution >= 4 is 11.3 Å². The Morgan fingerprint density at radius 1 is 1.54 bits per heavy atom. The van der Waals surface area contributed by atoms with Crippen molar-refractivity contribution in [2.75, 3.05) is 13.1 Å². The van der Waals surface area contributed by atoms with Crippen LogP contribution >= 0.6 is 11.3 Å². The normalized spacial score (nSPS) is 20.8. The van der Waals surface area contributed by atoms with Crippen LogP contribution in [-0.4, -0.2) is 13.1 Å². The molecular weight excluding hydrogens is 178 g/mol. The van der Waals surface area contributed by atoms with E-state index >= 15 is 0 Å². The van der Waals surface area contributed by atoms with Gasteiger partial charge >= 0.3 is 0 Å². The van der Waals surface area contributed by atoms with E-state index in [2.05, 4.69) is 28.9 Å². The number of allylic oxidation sites excluding steroid dienone is 1. The van der Waals surface area contributed by atoms with Crippen molar-refractivity contribution in [2.45, 2.75) is 19.3 Å². The maximum Gasteiger partial charge on any atom is 0.0164 e. The molecule has 0 amide bonds. The number of rotatable bonds is 2. The smallest absolute Gasteiger partial charge is 0.0164 e. The molecule has 0 aliphatic carbocycles. The first-order valence-corrected chi connectivity index (χ1v) is 5.74. The van der Waals surface area contributed by atoms with Gasteiger partial charge in [-0.2, -0.15) is 0 Å². The molecule has 2 heterocycles. The van der Waals surface area contributed by atoms with Gasteiger partial charge in [0.1, 0.15) is 0 Å². The van der Waals surface area contributed by atoms with Gasteiger partial charge in [0.05, 0.1) is 0 Å². The number of thiophene rings is 1. The molecule has 2 heteroatoms. The summed E-state index contributed by atoms with van der Waals surface area (Å²) in [6.45, 7) is 2.29. The van der Waals surface area contributed by atoms with Crippen LogP contribution in [0.5, 0.6) is 0 Å². The minimum atomic E-state index is 1.10. The van der Waals surface area contributed by atoms with Crippen molar-refractivity contribution < 1.29 is 0 Å². The molecule has 1 fully saturated rings. The van der Waals surface area contributed by atoms with Gasteiger partial charge in [0, 0.05) is 17.8 Å². The molecule has 0 saturated carbocycles. The highest BCUT2D eigenvalue weighted by molar-refractivity contribution is 7.09. The minimum absolute atomic E-state index is 1.10. The Hall–Kier alpha value is -0.600. The van der Waals surface area contributed by atoms with Crippen LogP contribution in [0.1, 0.15) is 17.7 Å². The van der Waals surface area contributed by atoms with Gasteiger partial charge in [-0.05, 0) is 30.8 Å². The molecule has 0 bridgehead atoms. The summed E-state index contributed by atoms with van der Waals surface area (Å²) in [5, 5.41) is 5.55. The van der Waals surface area contributed by atoms with E-state index < -0.39 is 0 Å². The van der Waals surface area contributed by atoms with Crippen LogP contribution in [0.2, 0.25) is 0 Å². The quantitative estimate of drug-likeness (QED) is 0.712. The predicted molar refractivity (Wildman–Crippen MR) is 58.2 cm³/mol. The average Bonchev–Trinajstić information content (AvgIpc) is 2.69. The molecule has 1 aliphatic heterocycles. The van der Waals surface area contributed by atoms with Crippen molar-refractivity contribution in [3.8, 4) is 0 Å². The third-order valence-electron chi connectivity index (χ3n) is 2.38. The Morgan fingerprint density at radius 3 is 3.23 bits per heavy atom. The second kappa shape index (κ2) is 4.58. The summed E-state index contributed by atoms with van der Waals surface area (Å²) in [7, 11) is 0. The number of hydrogen-bond acceptors (Lipinski definition) is 2. The molecule has 1 aromatic rings. The van der Waals surface area contributed by atoms with Gasteiger partial charge in [-0.25, -0.2) is 0 Å². The summed E-state index contributed by atoms with van der Waals surface area (Å²) < 4.78 is 0. The lowest BCUT2D eigenvalue weighted by Crippen LogP contribution is -2.23. The van der Waals surface area contributed by atoms with Crippen LogP contribution < -0.4 is 5.32 Å². The van der Waals surface area contributed by atoms with Gasteiger partial charge in [0.25, 0.3) is 0 Å². The van der Waals surface area contributed by atoms with Crippen molar-refractivity contribution in [3.63, 3.8) is 0 Å². The Balaban J connectivity index is 1.89. The molecule has 0 aromatic carbocycles. The van der Waals surface area contributed by atoms with Gasteiger partial charge in [0.15, 0.2) is 0 Å². The molecule has 0 atom stereocenters. The predicted octanol–water partition coefficient (Wildman–Crippen LogP) is 2.60. The van der Waals surface area contributed by atoms with E-state index in [0.717, 1.165) is 13.0 Å². The monoisotopic (exact) mass is 193 g/mol. The van der Waals surface area contributed by atoms with Gasteiger partial charge < -0.3 is 5.32 Å². The van der Waals surface area contributed by atoms with Crippen molar-refractivity contribution in [2.24, 2.45) is 0 Å². The SMILES string of the molecule is C(Cc1cccs1)=C1CCCNC1. The lowest BCUT2D eigenvalue weighted by atomic mass is 10.1. The highest BCUT2D eigenvalue weighted by Crippen LogP contribution is 2.13. The van der Waals surface area contributed by atoms with Crippen LogP contribution in [0.15, 0.2) is 29.2 Å². The summed E-state index contributed by atoms with van der Waals surface area (Å²) in [6, 6.07) is 4.33. The van der Waals surface area contributed by atoms with Gasteiger partial charge in [-0.15, -0.1) is 11.3 Å². The fraction of sp³-hybridized carbons (Fsp3) is 0.455. The number of piperidine rings is 1. The second-order valence-electron chi connectivity index (χ2n) is 3.43. The largest absolute Gasteiger partial charge is 0.313 e. The van der Waals surface area contributed by atoms with Crippen molar-refractivity contribution in [1.29, 1.82) is 0 Å². The molecule has 13 heavy (non-hydrogen) atoms. The van der Waals surface area contributed by atoms with Crippen LogP contribution in [-0.2, 0) is 6.42 Å². The molecule has 0 unspecified atom stereocenters. The van der Waals surface area contributed by atoms with Gasteiger partial charge in [-0.3, -0.25) is 0 Å². The second-order valence-corrected chi connectivity index (χ2v) is 4.46. The molecule has 1 N–H and O–H groups in total. The lowest BCUT2D eigenvalue weighted by Gasteiger charge is -2.14. The maximum atomic E-state index is 3.40. The van der Waals surface area contributed by atoms with Crippen LogP contribution in [0.25, 0.3) is 0 Å². The van der Waals surface area contributed by atoms with E-state index in [0.29, 0.717) is 0 Å². The fourth-order valence-corrected chi connectivity index (χ4v) is 2.29. The van der Waals surface area contributed by atoms with E-state index in [4.69, 9.17) is 0 Å². The third kappa shape index (κ3) is 2.68. The zero-order chi connectivity index (χ0) is 8.93. The summed E-state index contributed by atoms with van der Waals surface area (Å²) in [5.41, 5.74) is 1.58. The first-order chi connectivity index (χ1) is 6.45. The van der Waals surface area contributed by atoms with E-state index in [1.165, 1.54) is 24.3 Å². The molecule has 1 aromatic heterocycles. The van der Waals surface area contributed by atoms with Crippen LogP contribution in [0.4, 0.5) is 0 Å². The van der Waals surface area contributed by atoms with Gasteiger partial charge in [-0.1, -0.05) is 17.7 Å². The average molecular weight is 193 g/mol. The van der Waals surface area contributed by atoms with E-state index in [1.54, 1.807) is 5.57 Å². The minimum Gasteiger partial charge on any atom is -0.313 e. The zero-order valence-electron chi connectivity index (χ0n) is 7.75. The molecule has 1 nitrogen and oxygen atoms in total. The fourth-order valence-electron chi connectivity index (χ4n) is 1.63. The maximum absolute atomic E-state index is 3.40. The van der Waals surface area contributed by atoms with Crippen LogP contribution in [0.3, 0.4) is 0 Å². The topological polar surface area (TPSA) is 12.0 Å². The summed E-state index contributed by atoms with van der Waals surface area (Å²) in [4.78, 5) is 1.47. The van der Waals surface area contributed by atoms with Crippen LogP contribution in [0, 0.1) is 0 Å². The van der Waals surface area contributed by atoms with E-state index in [9.17, 15) is 0 Å². The van der Waals surface area contributed by atoms with E-state index in [1.807, 2.05) is 11.3 Å². The molecule has 1 saturated heterocycles. The summed E-state index contributed by atoms with van der Waals surface area (Å²) in [5.74, 6) is 0. The molecule has 70 valence electrons. The highest BCUT2D eigenvalue weighted by Gasteiger charge is 2.03. The van der Waals surface area contributed by atoms with Gasteiger partial charge in [0.2, 0.25) is 0 Å². The lowest BCUT2D eigenvalue weighted by molar-refractivity contribution is 0.608. The number of nitrogens with one attached hydrogen (secondary N) is 1. The third-order valence-corrected chi connectivity index (χ3v) is 3.27. The Labute approximate surface area is 83.5 Å². The molecule has 2 rings (SSSR count). The first kappa shape index (κ1) is 8.97. The molecule has 0 spiro atoms. The molecular formula is C11H15NS. The summed E-state index contributed by atoms with van der Waals surface area (Å²) in [6.07, 6.45) is 6.10. The molecule has 1 aliphatic rings. The molecule has 0 radical (unpaired) electrons. The Kier molecular flexibility index (Phi) is 3.16. The van der Waals surface area contributed by atoms with Crippen molar-refractivity contribution in [1.82, 2.24) is 5.32 Å². The highest BCUT2D eigenvalue weighted by atomic mass is 32.1. The number of hydrogen-bond donors (Lipinski definition) is 1.